The Hall–Kier alpha value is -3.85. The molecular weight excluding hydrogens is 623 g/mol. The van der Waals surface area contributed by atoms with Gasteiger partial charge in [0.05, 0.1) is 35.0 Å². The van der Waals surface area contributed by atoms with E-state index in [-0.39, 0.29) is 35.3 Å². The molecule has 2 aromatic heterocycles. The Morgan fingerprint density at radius 2 is 1.67 bits per heavy atom. The number of aromatic nitrogens is 2. The Bertz CT molecular complexity index is 1920. The van der Waals surface area contributed by atoms with Crippen LogP contribution in [0.25, 0.3) is 33.8 Å². The number of carbonyl (C=O) groups excluding carboxylic acids is 1. The number of nitrogens with zero attached hydrogens (tertiary/aromatic N) is 3. The summed E-state index contributed by atoms with van der Waals surface area (Å²) in [6, 6.07) is 10.3. The van der Waals surface area contributed by atoms with Crippen LogP contribution >= 0.6 is 0 Å². The number of pyridine rings is 1. The van der Waals surface area contributed by atoms with E-state index in [2.05, 4.69) is 30.1 Å². The van der Waals surface area contributed by atoms with E-state index in [9.17, 15) is 23.1 Å². The summed E-state index contributed by atoms with van der Waals surface area (Å²) in [6.45, 7) is 11.7. The first-order chi connectivity index (χ1) is 22.8. The van der Waals surface area contributed by atoms with Crippen LogP contribution in [0.5, 0.6) is 0 Å². The highest BCUT2D eigenvalue weighted by Crippen LogP contribution is 2.44. The second kappa shape index (κ2) is 14.7. The minimum atomic E-state index is -3.12. The first kappa shape index (κ1) is 35.5. The first-order valence-electron chi connectivity index (χ1n) is 17.3. The van der Waals surface area contributed by atoms with Crippen LogP contribution in [0.1, 0.15) is 115 Å². The van der Waals surface area contributed by atoms with Crippen LogP contribution in [-0.4, -0.2) is 52.0 Å². The van der Waals surface area contributed by atoms with Crippen molar-refractivity contribution in [2.45, 2.75) is 105 Å². The minimum absolute atomic E-state index is 0.00340. The van der Waals surface area contributed by atoms with Crippen LogP contribution in [0.4, 0.5) is 0 Å². The molecule has 1 aromatic carbocycles. The number of rotatable bonds is 10. The molecule has 1 aliphatic carbocycles. The number of carbonyl (C=O) groups is 2. The van der Waals surface area contributed by atoms with Crippen molar-refractivity contribution in [3.05, 3.63) is 64.1 Å². The van der Waals surface area contributed by atoms with Crippen molar-refractivity contribution in [3.8, 4) is 11.3 Å². The normalized spacial score (nSPS) is 18.1. The van der Waals surface area contributed by atoms with E-state index in [1.165, 1.54) is 12.0 Å². The van der Waals surface area contributed by atoms with Crippen molar-refractivity contribution in [2.75, 3.05) is 11.5 Å². The van der Waals surface area contributed by atoms with Crippen molar-refractivity contribution in [1.29, 1.82) is 0 Å². The Morgan fingerprint density at radius 1 is 0.979 bits per heavy atom. The fraction of sp³-hybridized carbons (Fsp3) is 0.487. The quantitative estimate of drug-likeness (QED) is 0.171. The monoisotopic (exact) mass is 671 g/mol. The number of benzene rings is 1. The van der Waals surface area contributed by atoms with Gasteiger partial charge in [0.25, 0.3) is 0 Å². The highest BCUT2D eigenvalue weighted by atomic mass is 32.2. The molecule has 5 rings (SSSR count). The average molecular weight is 672 g/mol. The fourth-order valence-electron chi connectivity index (χ4n) is 7.40. The highest BCUT2D eigenvalue weighted by Gasteiger charge is 2.33. The van der Waals surface area contributed by atoms with E-state index >= 15 is 0 Å². The number of allylic oxidation sites excluding steroid dienone is 2. The molecule has 0 unspecified atom stereocenters. The number of sulfone groups is 1. The molecule has 48 heavy (non-hydrogen) atoms. The molecule has 1 N–H and O–H groups in total. The number of hydrogen-bond donors (Lipinski definition) is 1. The van der Waals surface area contributed by atoms with E-state index in [1.54, 1.807) is 13.0 Å². The fourth-order valence-corrected chi connectivity index (χ4v) is 8.89. The summed E-state index contributed by atoms with van der Waals surface area (Å²) >= 11 is 0. The number of aliphatic imine (C=N–C) groups is 1. The number of carboxylic acids is 1. The van der Waals surface area contributed by atoms with Crippen LogP contribution in [0.15, 0.2) is 46.6 Å². The lowest BCUT2D eigenvalue weighted by Gasteiger charge is -2.25. The molecular formula is C39H49N3O5S. The smallest absolute Gasteiger partial charge is 0.331 e. The average Bonchev–Trinajstić information content (AvgIpc) is 3.35. The predicted octanol–water partition coefficient (Wildman–Crippen LogP) is 8.43. The lowest BCUT2D eigenvalue weighted by Crippen LogP contribution is -2.30. The summed E-state index contributed by atoms with van der Waals surface area (Å²) in [5.74, 6) is -0.995. The molecule has 0 spiro atoms. The van der Waals surface area contributed by atoms with Gasteiger partial charge < -0.3 is 9.67 Å². The molecule has 2 aliphatic rings. The maximum absolute atomic E-state index is 14.0. The van der Waals surface area contributed by atoms with Crippen molar-refractivity contribution in [2.24, 2.45) is 10.9 Å². The van der Waals surface area contributed by atoms with Gasteiger partial charge in [0.1, 0.15) is 9.84 Å². The topological polar surface area (TPSA) is 119 Å². The van der Waals surface area contributed by atoms with Gasteiger partial charge >= 0.3 is 5.97 Å². The van der Waals surface area contributed by atoms with Crippen LogP contribution in [0.3, 0.4) is 0 Å². The summed E-state index contributed by atoms with van der Waals surface area (Å²) in [4.78, 5) is 35.7. The Kier molecular flexibility index (Phi) is 10.9. The molecule has 3 heterocycles. The SMILES string of the molecule is CCc1c(C2CCCCC2)c(-c2ccc3nc(/C(C)=C(\C)N=C(C)C)ccc3c2)n(CC(=O)C2CCS(=O)(=O)CC2)c1/C=C(\C)C(=O)O. The molecule has 2 fully saturated rings. The zero-order chi connectivity index (χ0) is 34.7. The van der Waals surface area contributed by atoms with E-state index in [1.807, 2.05) is 44.4 Å². The minimum Gasteiger partial charge on any atom is -0.478 e. The van der Waals surface area contributed by atoms with E-state index in [0.717, 1.165) is 81.8 Å². The molecule has 256 valence electrons. The van der Waals surface area contributed by atoms with Gasteiger partial charge in [-0.15, -0.1) is 0 Å². The third-order valence-corrected chi connectivity index (χ3v) is 11.8. The van der Waals surface area contributed by atoms with Gasteiger partial charge in [-0.25, -0.2) is 18.2 Å². The first-order valence-corrected chi connectivity index (χ1v) is 19.1. The Balaban J connectivity index is 1.71. The van der Waals surface area contributed by atoms with Crippen LogP contribution in [0, 0.1) is 5.92 Å². The zero-order valence-corrected chi connectivity index (χ0v) is 30.0. The summed E-state index contributed by atoms with van der Waals surface area (Å²) in [7, 11) is -3.12. The predicted molar refractivity (Wildman–Crippen MR) is 195 cm³/mol. The molecule has 1 saturated heterocycles. The zero-order valence-electron chi connectivity index (χ0n) is 29.2. The molecule has 0 amide bonds. The van der Waals surface area contributed by atoms with Gasteiger partial charge in [-0.05, 0) is 119 Å². The van der Waals surface area contributed by atoms with Crippen LogP contribution in [-0.2, 0) is 32.4 Å². The second-order valence-corrected chi connectivity index (χ2v) is 16.1. The standard InChI is InChI=1S/C39H49N3O5S/c1-7-32-35(21-25(4)39(44)45)42(23-36(43)28-17-19-48(46,47)20-18-28)38(37(32)29-11-9-8-10-12-29)31-14-16-34-30(22-31)13-15-33(41-34)26(5)27(6)40-24(2)3/h13-16,21-22,28-29H,7-12,17-20,23H2,1-6H3,(H,44,45)/b25-21+,27-26+. The largest absolute Gasteiger partial charge is 0.478 e. The molecule has 0 atom stereocenters. The molecule has 1 saturated carbocycles. The van der Waals surface area contributed by atoms with E-state index in [0.29, 0.717) is 25.2 Å². The van der Waals surface area contributed by atoms with Gasteiger partial charge in [-0.2, -0.15) is 0 Å². The molecule has 0 bridgehead atoms. The lowest BCUT2D eigenvalue weighted by atomic mass is 9.80. The molecule has 0 radical (unpaired) electrons. The number of aliphatic carboxylic acids is 1. The molecule has 9 heteroatoms. The van der Waals surface area contributed by atoms with Crippen molar-refractivity contribution < 1.29 is 23.1 Å². The van der Waals surface area contributed by atoms with Gasteiger partial charge in [-0.1, -0.05) is 38.3 Å². The van der Waals surface area contributed by atoms with Gasteiger partial charge in [0, 0.05) is 34.0 Å². The van der Waals surface area contributed by atoms with Crippen molar-refractivity contribution in [3.63, 3.8) is 0 Å². The summed E-state index contributed by atoms with van der Waals surface area (Å²) in [5, 5.41) is 10.9. The van der Waals surface area contributed by atoms with E-state index in [4.69, 9.17) is 4.98 Å². The van der Waals surface area contributed by atoms with Crippen molar-refractivity contribution >= 4 is 49.9 Å². The number of ketones is 1. The van der Waals surface area contributed by atoms with Crippen LogP contribution < -0.4 is 0 Å². The number of hydrogen-bond acceptors (Lipinski definition) is 6. The second-order valence-electron chi connectivity index (χ2n) is 13.8. The maximum Gasteiger partial charge on any atom is 0.331 e. The maximum atomic E-state index is 14.0. The number of Topliss-reactive ketones (excluding diaryl/α,β-unsaturated/α-hetero) is 1. The van der Waals surface area contributed by atoms with Gasteiger partial charge in [0.15, 0.2) is 5.78 Å². The Morgan fingerprint density at radius 3 is 2.29 bits per heavy atom. The highest BCUT2D eigenvalue weighted by molar-refractivity contribution is 7.91. The third kappa shape index (κ3) is 7.72. The lowest BCUT2D eigenvalue weighted by molar-refractivity contribution is -0.132. The number of carboxylic acid groups (broad SMARTS) is 1. The molecule has 1 aliphatic heterocycles. The number of fused-ring (bicyclic) bond motifs is 1. The molecule has 8 nitrogen and oxygen atoms in total. The Labute approximate surface area is 285 Å². The van der Waals surface area contributed by atoms with E-state index < -0.39 is 15.8 Å². The van der Waals surface area contributed by atoms with Crippen LogP contribution in [0.2, 0.25) is 0 Å². The summed E-state index contributed by atoms with van der Waals surface area (Å²) < 4.78 is 26.4. The van der Waals surface area contributed by atoms with Gasteiger partial charge in [0.2, 0.25) is 0 Å². The molecule has 3 aromatic rings. The van der Waals surface area contributed by atoms with Crippen molar-refractivity contribution in [1.82, 2.24) is 9.55 Å². The summed E-state index contributed by atoms with van der Waals surface area (Å²) in [6.07, 6.45) is 8.62. The third-order valence-electron chi connectivity index (χ3n) is 10.1. The summed E-state index contributed by atoms with van der Waals surface area (Å²) in [5.41, 5.74) is 9.86. The van der Waals surface area contributed by atoms with Gasteiger partial charge in [-0.3, -0.25) is 9.79 Å².